The van der Waals surface area contributed by atoms with E-state index in [1.807, 2.05) is 39.0 Å². The highest BCUT2D eigenvalue weighted by molar-refractivity contribution is 6.08. The molecule has 3 heterocycles. The van der Waals surface area contributed by atoms with Crippen molar-refractivity contribution >= 4 is 34.6 Å². The average molecular weight is 460 g/mol. The number of fused-ring (bicyclic) bond motifs is 1. The normalized spacial score (nSPS) is 22.5. The van der Waals surface area contributed by atoms with E-state index < -0.39 is 17.8 Å². The highest BCUT2D eigenvalue weighted by atomic mass is 19.1. The van der Waals surface area contributed by atoms with E-state index in [9.17, 15) is 14.4 Å². The molecule has 0 saturated carbocycles. The number of urea groups is 1. The molecule has 4 rings (SSSR count). The topological polar surface area (TPSA) is 96.8 Å². The fourth-order valence-corrected chi connectivity index (χ4v) is 4.49. The van der Waals surface area contributed by atoms with Crippen molar-refractivity contribution in [2.24, 2.45) is 7.05 Å². The van der Waals surface area contributed by atoms with Crippen molar-refractivity contribution in [2.75, 3.05) is 31.1 Å². The van der Waals surface area contributed by atoms with Crippen LogP contribution in [0.15, 0.2) is 18.2 Å². The lowest BCUT2D eigenvalue weighted by molar-refractivity contribution is -0.156. The van der Waals surface area contributed by atoms with E-state index in [1.165, 1.54) is 4.90 Å². The number of ether oxygens (including phenoxy) is 1. The van der Waals surface area contributed by atoms with Gasteiger partial charge in [0.25, 0.3) is 0 Å². The number of likely N-dealkylation sites (tertiary alicyclic amines) is 1. The summed E-state index contributed by atoms with van der Waals surface area (Å²) in [6, 6.07) is 5.16. The molecule has 2 saturated heterocycles. The maximum Gasteiger partial charge on any atom is 0.329 e. The number of hydrogen-bond acceptors (Lipinski definition) is 6. The highest BCUT2D eigenvalue weighted by Gasteiger charge is 2.33. The molecule has 3 amide bonds. The number of imide groups is 1. The van der Waals surface area contributed by atoms with E-state index in [-0.39, 0.29) is 43.8 Å². The zero-order valence-electron chi connectivity index (χ0n) is 19.4. The molecule has 9 nitrogen and oxygen atoms in total. The van der Waals surface area contributed by atoms with Gasteiger partial charge in [-0.25, -0.2) is 9.18 Å². The van der Waals surface area contributed by atoms with Crippen LogP contribution in [0, 0.1) is 0 Å². The van der Waals surface area contributed by atoms with E-state index in [1.54, 1.807) is 16.6 Å². The molecule has 2 unspecified atom stereocenters. The average Bonchev–Trinajstić information content (AvgIpc) is 3.02. The zero-order chi connectivity index (χ0) is 23.9. The first kappa shape index (κ1) is 23.2. The van der Waals surface area contributed by atoms with Crippen LogP contribution in [0.5, 0.6) is 0 Å². The van der Waals surface area contributed by atoms with Crippen molar-refractivity contribution in [3.8, 4) is 0 Å². The summed E-state index contributed by atoms with van der Waals surface area (Å²) in [5, 5.41) is 7.56. The van der Waals surface area contributed by atoms with Gasteiger partial charge in [-0.1, -0.05) is 6.07 Å². The molecule has 1 aromatic heterocycles. The molecule has 33 heavy (non-hydrogen) atoms. The van der Waals surface area contributed by atoms with Gasteiger partial charge < -0.3 is 4.74 Å². The standard InChI is InChI=1S/C23H30FN5O4/c1-23(2,3)33-20(31)13-28-9-7-15(17(24)12-28)14-5-6-16-18(11-14)27(4)26-21(16)29-10-8-19(30)25-22(29)32/h5-6,11,15,17H,7-10,12-13H2,1-4H3,(H,25,30,32). The summed E-state index contributed by atoms with van der Waals surface area (Å²) in [7, 11) is 1.78. The maximum absolute atomic E-state index is 15.1. The Balaban J connectivity index is 1.48. The first-order chi connectivity index (χ1) is 15.5. The number of benzene rings is 1. The van der Waals surface area contributed by atoms with Gasteiger partial charge in [0.15, 0.2) is 5.82 Å². The predicted molar refractivity (Wildman–Crippen MR) is 121 cm³/mol. The summed E-state index contributed by atoms with van der Waals surface area (Å²) in [4.78, 5) is 39.1. The Kier molecular flexibility index (Phi) is 6.13. The van der Waals surface area contributed by atoms with Crippen LogP contribution in [0.4, 0.5) is 15.0 Å². The van der Waals surface area contributed by atoms with Crippen molar-refractivity contribution in [3.63, 3.8) is 0 Å². The fourth-order valence-electron chi connectivity index (χ4n) is 4.49. The van der Waals surface area contributed by atoms with Gasteiger partial charge in [0.2, 0.25) is 5.91 Å². The van der Waals surface area contributed by atoms with Gasteiger partial charge >= 0.3 is 12.0 Å². The Morgan fingerprint density at radius 3 is 2.70 bits per heavy atom. The van der Waals surface area contributed by atoms with Crippen LogP contribution in [0.2, 0.25) is 0 Å². The van der Waals surface area contributed by atoms with E-state index in [2.05, 4.69) is 10.4 Å². The third-order valence-corrected chi connectivity index (χ3v) is 5.99. The SMILES string of the molecule is Cn1nc(N2CCC(=O)NC2=O)c2ccc(C3CCN(CC(=O)OC(C)(C)C)CC3F)cc21. The lowest BCUT2D eigenvalue weighted by atomic mass is 9.87. The summed E-state index contributed by atoms with van der Waals surface area (Å²) >= 11 is 0. The second kappa shape index (κ2) is 8.74. The molecule has 0 aliphatic carbocycles. The minimum Gasteiger partial charge on any atom is -0.459 e. The molecule has 10 heteroatoms. The minimum atomic E-state index is -1.12. The Morgan fingerprint density at radius 1 is 1.27 bits per heavy atom. The third kappa shape index (κ3) is 5.00. The van der Waals surface area contributed by atoms with Gasteiger partial charge in [0.05, 0.1) is 12.1 Å². The molecular weight excluding hydrogens is 429 g/mol. The Bertz CT molecular complexity index is 1090. The molecule has 0 spiro atoms. The smallest absolute Gasteiger partial charge is 0.329 e. The van der Waals surface area contributed by atoms with Crippen LogP contribution >= 0.6 is 0 Å². The lowest BCUT2D eigenvalue weighted by Crippen LogP contribution is -2.49. The van der Waals surface area contributed by atoms with Gasteiger partial charge in [-0.05, 0) is 51.4 Å². The quantitative estimate of drug-likeness (QED) is 0.706. The van der Waals surface area contributed by atoms with Crippen molar-refractivity contribution in [1.29, 1.82) is 0 Å². The first-order valence-electron chi connectivity index (χ1n) is 11.2. The molecule has 2 aromatic rings. The third-order valence-electron chi connectivity index (χ3n) is 5.99. The largest absolute Gasteiger partial charge is 0.459 e. The zero-order valence-corrected chi connectivity index (χ0v) is 19.4. The number of amides is 3. The number of piperidine rings is 1. The number of nitrogens with one attached hydrogen (secondary N) is 1. The number of aryl methyl sites for hydroxylation is 1. The van der Waals surface area contributed by atoms with Crippen LogP contribution in [-0.4, -0.2) is 70.5 Å². The summed E-state index contributed by atoms with van der Waals surface area (Å²) in [6.45, 7) is 6.54. The van der Waals surface area contributed by atoms with Gasteiger partial charge in [0, 0.05) is 37.9 Å². The van der Waals surface area contributed by atoms with E-state index in [0.29, 0.717) is 18.8 Å². The Morgan fingerprint density at radius 2 is 2.03 bits per heavy atom. The van der Waals surface area contributed by atoms with Crippen LogP contribution in [-0.2, 0) is 21.4 Å². The number of rotatable bonds is 4. The van der Waals surface area contributed by atoms with Crippen LogP contribution in [0.3, 0.4) is 0 Å². The summed E-state index contributed by atoms with van der Waals surface area (Å²) in [5.41, 5.74) is 1.09. The molecular formula is C23H30FN5O4. The number of carbonyl (C=O) groups is 3. The van der Waals surface area contributed by atoms with Crippen molar-refractivity contribution in [2.45, 2.75) is 51.3 Å². The van der Waals surface area contributed by atoms with Crippen LogP contribution < -0.4 is 10.2 Å². The van der Waals surface area contributed by atoms with Gasteiger partial charge in [-0.3, -0.25) is 29.4 Å². The van der Waals surface area contributed by atoms with Crippen molar-refractivity contribution in [1.82, 2.24) is 20.0 Å². The number of esters is 1. The summed E-state index contributed by atoms with van der Waals surface area (Å²) in [6.07, 6.45) is -0.324. The first-order valence-corrected chi connectivity index (χ1v) is 11.2. The second-order valence-corrected chi connectivity index (χ2v) is 9.71. The lowest BCUT2D eigenvalue weighted by Gasteiger charge is -2.34. The molecule has 2 aliphatic heterocycles. The van der Waals surface area contributed by atoms with E-state index in [4.69, 9.17) is 4.74 Å². The molecule has 178 valence electrons. The molecule has 2 aliphatic rings. The van der Waals surface area contributed by atoms with Gasteiger partial charge in [-0.15, -0.1) is 0 Å². The minimum absolute atomic E-state index is 0.0783. The fraction of sp³-hybridized carbons (Fsp3) is 0.565. The molecule has 0 radical (unpaired) electrons. The Labute approximate surface area is 191 Å². The van der Waals surface area contributed by atoms with Crippen LogP contribution in [0.1, 0.15) is 45.1 Å². The monoisotopic (exact) mass is 459 g/mol. The second-order valence-electron chi connectivity index (χ2n) is 9.71. The number of nitrogens with zero attached hydrogens (tertiary/aromatic N) is 4. The summed E-state index contributed by atoms with van der Waals surface area (Å²) in [5.74, 6) is -0.460. The molecule has 2 atom stereocenters. The van der Waals surface area contributed by atoms with Crippen molar-refractivity contribution < 1.29 is 23.5 Å². The van der Waals surface area contributed by atoms with E-state index in [0.717, 1.165) is 16.5 Å². The van der Waals surface area contributed by atoms with Crippen LogP contribution in [0.25, 0.3) is 10.9 Å². The van der Waals surface area contributed by atoms with Gasteiger partial charge in [0.1, 0.15) is 11.8 Å². The molecule has 0 bridgehead atoms. The highest BCUT2D eigenvalue weighted by Crippen LogP contribution is 2.34. The maximum atomic E-state index is 15.1. The molecule has 1 N–H and O–H groups in total. The number of halogens is 1. The predicted octanol–water partition coefficient (Wildman–Crippen LogP) is 2.49. The molecule has 1 aromatic carbocycles. The number of carbonyl (C=O) groups excluding carboxylic acids is 3. The molecule has 2 fully saturated rings. The number of anilines is 1. The summed E-state index contributed by atoms with van der Waals surface area (Å²) < 4.78 is 22.2. The number of alkyl halides is 1. The number of hydrogen-bond donors (Lipinski definition) is 1. The van der Waals surface area contributed by atoms with E-state index >= 15 is 4.39 Å². The number of aromatic nitrogens is 2. The Hall–Kier alpha value is -3.01. The van der Waals surface area contributed by atoms with Gasteiger partial charge in [-0.2, -0.15) is 5.10 Å². The van der Waals surface area contributed by atoms with Crippen molar-refractivity contribution in [3.05, 3.63) is 23.8 Å².